The molecule has 3 heterocycles. The van der Waals surface area contributed by atoms with Gasteiger partial charge in [0.25, 0.3) is 5.91 Å². The fourth-order valence-electron chi connectivity index (χ4n) is 4.56. The maximum absolute atomic E-state index is 13.3. The van der Waals surface area contributed by atoms with Gasteiger partial charge >= 0.3 is 0 Å². The van der Waals surface area contributed by atoms with Crippen molar-refractivity contribution < 1.29 is 4.79 Å². The molecule has 1 atom stereocenters. The number of amides is 1. The molecule has 0 saturated carbocycles. The van der Waals surface area contributed by atoms with Crippen LogP contribution in [0.2, 0.25) is 0 Å². The van der Waals surface area contributed by atoms with Crippen LogP contribution in [0.15, 0.2) is 49.0 Å². The minimum absolute atomic E-state index is 0.0943. The minimum atomic E-state index is -0.489. The topological polar surface area (TPSA) is 23.6 Å². The highest BCUT2D eigenvalue weighted by atomic mass is 32.2. The molecule has 2 aromatic rings. The van der Waals surface area contributed by atoms with Crippen LogP contribution < -0.4 is 9.80 Å². The number of hydrogen-bond donors (Lipinski definition) is 0. The third-order valence-corrected chi connectivity index (χ3v) is 6.76. The smallest absolute Gasteiger partial charge is 0.259 e. The third kappa shape index (κ3) is 1.81. The summed E-state index contributed by atoms with van der Waals surface area (Å²) in [4.78, 5) is 17.7. The second kappa shape index (κ2) is 5.15. The normalized spacial score (nSPS) is 24.4. The summed E-state index contributed by atoms with van der Waals surface area (Å²) >= 11 is 2.00. The number of para-hydroxylation sites is 1. The van der Waals surface area contributed by atoms with Gasteiger partial charge in [-0.1, -0.05) is 30.8 Å². The third-order valence-electron chi connectivity index (χ3n) is 5.82. The van der Waals surface area contributed by atoms with Crippen molar-refractivity contribution in [2.45, 2.75) is 12.5 Å². The van der Waals surface area contributed by atoms with E-state index in [1.807, 2.05) is 47.0 Å². The van der Waals surface area contributed by atoms with Crippen LogP contribution in [0, 0.1) is 0 Å². The van der Waals surface area contributed by atoms with Crippen LogP contribution in [0.5, 0.6) is 0 Å². The summed E-state index contributed by atoms with van der Waals surface area (Å²) < 4.78 is 0. The lowest BCUT2D eigenvalue weighted by Crippen LogP contribution is -2.39. The number of nitrogens with zero attached hydrogens (tertiary/aromatic N) is 2. The van der Waals surface area contributed by atoms with Gasteiger partial charge in [0.05, 0.1) is 11.2 Å². The molecule has 25 heavy (non-hydrogen) atoms. The van der Waals surface area contributed by atoms with E-state index in [-0.39, 0.29) is 5.91 Å². The Bertz CT molecular complexity index is 916. The molecular formula is C21H20N2OS. The SMILES string of the molecule is C=C1c2ccccc2N2C(=O)c3cccc(N4CCSCC4)c3[C@@]12C. The average molecular weight is 348 g/mol. The van der Waals surface area contributed by atoms with Gasteiger partial charge in [-0.25, -0.2) is 0 Å². The number of hydrogen-bond acceptors (Lipinski definition) is 3. The lowest BCUT2D eigenvalue weighted by atomic mass is 9.83. The molecule has 0 aromatic heterocycles. The Morgan fingerprint density at radius 1 is 1.00 bits per heavy atom. The molecule has 0 spiro atoms. The number of rotatable bonds is 1. The first-order chi connectivity index (χ1) is 12.1. The number of carbonyl (C=O) groups excluding carboxylic acids is 1. The van der Waals surface area contributed by atoms with E-state index in [9.17, 15) is 4.79 Å². The van der Waals surface area contributed by atoms with Crippen molar-refractivity contribution in [1.82, 2.24) is 0 Å². The van der Waals surface area contributed by atoms with Crippen molar-refractivity contribution in [3.63, 3.8) is 0 Å². The first kappa shape index (κ1) is 15.1. The zero-order valence-corrected chi connectivity index (χ0v) is 15.1. The zero-order valence-electron chi connectivity index (χ0n) is 14.3. The highest BCUT2D eigenvalue weighted by molar-refractivity contribution is 7.99. The van der Waals surface area contributed by atoms with Gasteiger partial charge in [-0.15, -0.1) is 0 Å². The van der Waals surface area contributed by atoms with Crippen LogP contribution >= 0.6 is 11.8 Å². The molecule has 3 aliphatic heterocycles. The first-order valence-corrected chi connectivity index (χ1v) is 9.89. The second-order valence-electron chi connectivity index (χ2n) is 7.01. The standard InChI is InChI=1S/C21H20N2OS/c1-14-15-6-3-4-8-17(15)23-20(24)16-7-5-9-18(19(16)21(14,23)2)22-10-12-25-13-11-22/h3-9H,1,10-13H2,2H3/t21-/m1/s1. The van der Waals surface area contributed by atoms with Crippen LogP contribution in [0.3, 0.4) is 0 Å². The first-order valence-electron chi connectivity index (χ1n) is 8.73. The summed E-state index contributed by atoms with van der Waals surface area (Å²) in [6.45, 7) is 8.63. The molecule has 5 rings (SSSR count). The van der Waals surface area contributed by atoms with Crippen molar-refractivity contribution in [3.8, 4) is 0 Å². The Balaban J connectivity index is 1.75. The fourth-order valence-corrected chi connectivity index (χ4v) is 5.46. The molecule has 0 unspecified atom stereocenters. The number of carbonyl (C=O) groups is 1. The summed E-state index contributed by atoms with van der Waals surface area (Å²) in [6, 6.07) is 14.3. The average Bonchev–Trinajstić information content (AvgIpc) is 3.03. The quantitative estimate of drug-likeness (QED) is 0.774. The van der Waals surface area contributed by atoms with Crippen LogP contribution in [0.1, 0.15) is 28.4 Å². The molecule has 2 aromatic carbocycles. The van der Waals surface area contributed by atoms with Crippen molar-refractivity contribution >= 4 is 34.6 Å². The molecule has 0 aliphatic carbocycles. The maximum atomic E-state index is 13.3. The van der Waals surface area contributed by atoms with Crippen LogP contribution in [0.4, 0.5) is 11.4 Å². The van der Waals surface area contributed by atoms with Crippen LogP contribution in [-0.4, -0.2) is 30.5 Å². The van der Waals surface area contributed by atoms with Gasteiger partial charge in [-0.05, 0) is 30.7 Å². The number of thioether (sulfide) groups is 1. The molecular weight excluding hydrogens is 328 g/mol. The van der Waals surface area contributed by atoms with Crippen molar-refractivity contribution in [2.24, 2.45) is 0 Å². The Morgan fingerprint density at radius 3 is 2.48 bits per heavy atom. The number of benzene rings is 2. The van der Waals surface area contributed by atoms with E-state index in [0.29, 0.717) is 0 Å². The summed E-state index contributed by atoms with van der Waals surface area (Å²) in [7, 11) is 0. The molecule has 3 nitrogen and oxygen atoms in total. The Hall–Kier alpha value is -2.20. The van der Waals surface area contributed by atoms with Gasteiger partial charge in [0.1, 0.15) is 0 Å². The minimum Gasteiger partial charge on any atom is -0.370 e. The van der Waals surface area contributed by atoms with E-state index < -0.39 is 5.54 Å². The van der Waals surface area contributed by atoms with E-state index in [0.717, 1.165) is 52.5 Å². The van der Waals surface area contributed by atoms with E-state index in [1.54, 1.807) is 0 Å². The molecule has 0 bridgehead atoms. The van der Waals surface area contributed by atoms with Crippen molar-refractivity contribution in [3.05, 3.63) is 65.7 Å². The second-order valence-corrected chi connectivity index (χ2v) is 8.23. The molecule has 1 saturated heterocycles. The van der Waals surface area contributed by atoms with Gasteiger partial charge in [0, 0.05) is 47.0 Å². The van der Waals surface area contributed by atoms with Gasteiger partial charge < -0.3 is 4.90 Å². The van der Waals surface area contributed by atoms with Crippen LogP contribution in [0.25, 0.3) is 5.57 Å². The van der Waals surface area contributed by atoms with Crippen molar-refractivity contribution in [2.75, 3.05) is 34.4 Å². The summed E-state index contributed by atoms with van der Waals surface area (Å²) in [6.07, 6.45) is 0. The van der Waals surface area contributed by atoms with E-state index >= 15 is 0 Å². The molecule has 0 N–H and O–H groups in total. The van der Waals surface area contributed by atoms with Gasteiger partial charge in [0.2, 0.25) is 0 Å². The zero-order chi connectivity index (χ0) is 17.2. The molecule has 1 fully saturated rings. The maximum Gasteiger partial charge on any atom is 0.259 e. The van der Waals surface area contributed by atoms with Gasteiger partial charge in [-0.2, -0.15) is 11.8 Å². The molecule has 126 valence electrons. The summed E-state index contributed by atoms with van der Waals surface area (Å²) in [5.74, 6) is 2.37. The Labute approximate surface area is 152 Å². The Morgan fingerprint density at radius 2 is 1.68 bits per heavy atom. The molecule has 3 aliphatic rings. The van der Waals surface area contributed by atoms with Gasteiger partial charge in [0.15, 0.2) is 0 Å². The lowest BCUT2D eigenvalue weighted by molar-refractivity contribution is 0.0988. The lowest BCUT2D eigenvalue weighted by Gasteiger charge is -2.36. The fraction of sp³-hybridized carbons (Fsp3) is 0.286. The monoisotopic (exact) mass is 348 g/mol. The largest absolute Gasteiger partial charge is 0.370 e. The number of fused-ring (bicyclic) bond motifs is 5. The number of anilines is 2. The van der Waals surface area contributed by atoms with E-state index in [1.165, 1.54) is 5.69 Å². The van der Waals surface area contributed by atoms with E-state index in [2.05, 4.69) is 30.5 Å². The molecule has 4 heteroatoms. The van der Waals surface area contributed by atoms with Gasteiger partial charge in [-0.3, -0.25) is 9.69 Å². The highest BCUT2D eigenvalue weighted by Gasteiger charge is 2.55. The Kier molecular flexibility index (Phi) is 3.11. The molecule has 0 radical (unpaired) electrons. The summed E-state index contributed by atoms with van der Waals surface area (Å²) in [5, 5.41) is 0. The van der Waals surface area contributed by atoms with Crippen molar-refractivity contribution in [1.29, 1.82) is 0 Å². The van der Waals surface area contributed by atoms with E-state index in [4.69, 9.17) is 0 Å². The predicted octanol–water partition coefficient (Wildman–Crippen LogP) is 4.14. The highest BCUT2D eigenvalue weighted by Crippen LogP contribution is 2.58. The summed E-state index contributed by atoms with van der Waals surface area (Å²) in [5.41, 5.74) is 5.77. The van der Waals surface area contributed by atoms with Crippen LogP contribution in [-0.2, 0) is 5.54 Å². The molecule has 1 amide bonds. The predicted molar refractivity (Wildman–Crippen MR) is 106 cm³/mol.